The van der Waals surface area contributed by atoms with Crippen molar-refractivity contribution in [3.63, 3.8) is 0 Å². The maximum absolute atomic E-state index is 11.0. The zero-order valence-corrected chi connectivity index (χ0v) is 7.75. The van der Waals surface area contributed by atoms with Gasteiger partial charge >= 0.3 is 0 Å². The van der Waals surface area contributed by atoms with Gasteiger partial charge in [0.2, 0.25) is 5.91 Å². The van der Waals surface area contributed by atoms with Gasteiger partial charge in [-0.25, -0.2) is 0 Å². The summed E-state index contributed by atoms with van der Waals surface area (Å²) in [5.41, 5.74) is 0. The molecule has 2 N–H and O–H groups in total. The number of hydrogen-bond acceptors (Lipinski definition) is 2. The average Bonchev–Trinajstić information content (AvgIpc) is 2.63. The number of carbonyl (C=O) groups is 1. The van der Waals surface area contributed by atoms with Gasteiger partial charge in [-0.15, -0.1) is 0 Å². The molecule has 1 heterocycles. The summed E-state index contributed by atoms with van der Waals surface area (Å²) in [6.07, 6.45) is 4.87. The summed E-state index contributed by atoms with van der Waals surface area (Å²) in [5, 5.41) is 6.49. The van der Waals surface area contributed by atoms with Crippen LogP contribution in [-0.4, -0.2) is 24.5 Å². The third-order valence-corrected chi connectivity index (χ3v) is 3.77. The van der Waals surface area contributed by atoms with E-state index in [9.17, 15) is 4.79 Å². The fourth-order valence-electron chi connectivity index (χ4n) is 2.94. The predicted octanol–water partition coefficient (Wildman–Crippen LogP) is 0.263. The Labute approximate surface area is 78.3 Å². The van der Waals surface area contributed by atoms with Crippen molar-refractivity contribution < 1.29 is 4.79 Å². The van der Waals surface area contributed by atoms with Crippen LogP contribution in [0.3, 0.4) is 0 Å². The highest BCUT2D eigenvalue weighted by Crippen LogP contribution is 2.51. The fraction of sp³-hybridized carbons (Fsp3) is 0.900. The van der Waals surface area contributed by atoms with Gasteiger partial charge in [0, 0.05) is 25.0 Å². The van der Waals surface area contributed by atoms with Crippen LogP contribution in [0.25, 0.3) is 0 Å². The third-order valence-electron chi connectivity index (χ3n) is 3.77. The van der Waals surface area contributed by atoms with Gasteiger partial charge in [0.25, 0.3) is 0 Å². The molecule has 0 aromatic heterocycles. The molecular formula is C10H16N2O. The van der Waals surface area contributed by atoms with Crippen molar-refractivity contribution in [2.75, 3.05) is 6.54 Å². The van der Waals surface area contributed by atoms with E-state index in [2.05, 4.69) is 10.6 Å². The number of amides is 1. The molecule has 1 amide bonds. The van der Waals surface area contributed by atoms with Crippen LogP contribution in [0.5, 0.6) is 0 Å². The number of nitrogens with one attached hydrogen (secondary N) is 2. The molecule has 0 aromatic carbocycles. The Balaban J connectivity index is 1.54. The molecule has 0 aromatic rings. The molecule has 0 bridgehead atoms. The fourth-order valence-corrected chi connectivity index (χ4v) is 2.94. The van der Waals surface area contributed by atoms with Gasteiger partial charge in [0.15, 0.2) is 0 Å². The molecular weight excluding hydrogens is 164 g/mol. The van der Waals surface area contributed by atoms with Crippen LogP contribution < -0.4 is 10.6 Å². The van der Waals surface area contributed by atoms with E-state index in [1.807, 2.05) is 0 Å². The first-order valence-corrected chi connectivity index (χ1v) is 5.35. The summed E-state index contributed by atoms with van der Waals surface area (Å²) in [4.78, 5) is 11.0. The summed E-state index contributed by atoms with van der Waals surface area (Å²) in [6, 6.07) is 1.14. The normalized spacial score (nSPS) is 47.5. The zero-order valence-electron chi connectivity index (χ0n) is 7.75. The molecule has 1 aliphatic heterocycles. The summed E-state index contributed by atoms with van der Waals surface area (Å²) < 4.78 is 0. The van der Waals surface area contributed by atoms with E-state index < -0.39 is 0 Å². The Hall–Kier alpha value is -0.570. The highest BCUT2D eigenvalue weighted by molar-refractivity contribution is 5.78. The first-order valence-electron chi connectivity index (χ1n) is 5.35. The van der Waals surface area contributed by atoms with Crippen molar-refractivity contribution in [1.29, 1.82) is 0 Å². The minimum Gasteiger partial charge on any atom is -0.354 e. The molecule has 72 valence electrons. The maximum Gasteiger partial charge on any atom is 0.221 e. The number of fused-ring (bicyclic) bond motifs is 1. The molecule has 2 aliphatic carbocycles. The van der Waals surface area contributed by atoms with Crippen molar-refractivity contribution in [3.8, 4) is 0 Å². The minimum absolute atomic E-state index is 0.211. The van der Waals surface area contributed by atoms with E-state index in [4.69, 9.17) is 0 Å². The van der Waals surface area contributed by atoms with Crippen LogP contribution in [0.15, 0.2) is 0 Å². The van der Waals surface area contributed by atoms with Crippen LogP contribution in [-0.2, 0) is 4.79 Å². The van der Waals surface area contributed by atoms with Crippen LogP contribution in [0.4, 0.5) is 0 Å². The van der Waals surface area contributed by atoms with Crippen LogP contribution in [0.1, 0.15) is 25.7 Å². The molecule has 0 radical (unpaired) electrons. The number of hydrogen-bond donors (Lipinski definition) is 2. The Morgan fingerprint density at radius 1 is 1.38 bits per heavy atom. The predicted molar refractivity (Wildman–Crippen MR) is 49.2 cm³/mol. The lowest BCUT2D eigenvalue weighted by Crippen LogP contribution is -2.39. The average molecular weight is 180 g/mol. The Bertz CT molecular complexity index is 241. The summed E-state index contributed by atoms with van der Waals surface area (Å²) in [7, 11) is 0. The van der Waals surface area contributed by atoms with Crippen molar-refractivity contribution in [2.45, 2.75) is 37.8 Å². The SMILES string of the molecule is O=C1CC(NC2CC[C@@H]3C[C@H]23)CN1. The molecule has 4 atom stereocenters. The quantitative estimate of drug-likeness (QED) is 0.640. The molecule has 1 saturated heterocycles. The molecule has 2 unspecified atom stereocenters. The second kappa shape index (κ2) is 2.71. The largest absolute Gasteiger partial charge is 0.354 e. The van der Waals surface area contributed by atoms with E-state index in [0.717, 1.165) is 24.4 Å². The van der Waals surface area contributed by atoms with E-state index >= 15 is 0 Å². The van der Waals surface area contributed by atoms with Gasteiger partial charge in [-0.1, -0.05) is 0 Å². The minimum atomic E-state index is 0.211. The molecule has 3 nitrogen and oxygen atoms in total. The van der Waals surface area contributed by atoms with E-state index in [1.165, 1.54) is 19.3 Å². The molecule has 13 heavy (non-hydrogen) atoms. The first kappa shape index (κ1) is 7.80. The van der Waals surface area contributed by atoms with Crippen LogP contribution in [0.2, 0.25) is 0 Å². The molecule has 2 saturated carbocycles. The van der Waals surface area contributed by atoms with Gasteiger partial charge < -0.3 is 10.6 Å². The third kappa shape index (κ3) is 1.35. The van der Waals surface area contributed by atoms with Crippen molar-refractivity contribution in [1.82, 2.24) is 10.6 Å². The van der Waals surface area contributed by atoms with Crippen molar-refractivity contribution >= 4 is 5.91 Å². The molecule has 0 spiro atoms. The highest BCUT2D eigenvalue weighted by atomic mass is 16.1. The molecule has 3 rings (SSSR count). The smallest absolute Gasteiger partial charge is 0.221 e. The Morgan fingerprint density at radius 2 is 2.31 bits per heavy atom. The summed E-state index contributed by atoms with van der Waals surface area (Å²) in [6.45, 7) is 0.840. The second-order valence-electron chi connectivity index (χ2n) is 4.72. The zero-order chi connectivity index (χ0) is 8.84. The standard InChI is InChI=1S/C10H16N2O/c13-10-4-7(5-11-10)12-9-2-1-6-3-8(6)9/h6-9,12H,1-5H2,(H,11,13)/t6-,7?,8+,9?/m1/s1. The summed E-state index contributed by atoms with van der Waals surface area (Å²) in [5.74, 6) is 2.20. The van der Waals surface area contributed by atoms with Crippen LogP contribution >= 0.6 is 0 Å². The highest BCUT2D eigenvalue weighted by Gasteiger charge is 2.48. The van der Waals surface area contributed by atoms with Crippen molar-refractivity contribution in [3.05, 3.63) is 0 Å². The lowest BCUT2D eigenvalue weighted by molar-refractivity contribution is -0.119. The van der Waals surface area contributed by atoms with Gasteiger partial charge in [0.1, 0.15) is 0 Å². The van der Waals surface area contributed by atoms with Gasteiger partial charge in [-0.05, 0) is 31.1 Å². The van der Waals surface area contributed by atoms with Crippen molar-refractivity contribution in [2.24, 2.45) is 11.8 Å². The maximum atomic E-state index is 11.0. The van der Waals surface area contributed by atoms with E-state index in [-0.39, 0.29) is 5.91 Å². The molecule has 3 heteroatoms. The first-order chi connectivity index (χ1) is 6.33. The van der Waals surface area contributed by atoms with Gasteiger partial charge in [0.05, 0.1) is 0 Å². The topological polar surface area (TPSA) is 41.1 Å². The number of carbonyl (C=O) groups excluding carboxylic acids is 1. The summed E-state index contributed by atoms with van der Waals surface area (Å²) >= 11 is 0. The number of rotatable bonds is 2. The lowest BCUT2D eigenvalue weighted by Gasteiger charge is -2.18. The van der Waals surface area contributed by atoms with E-state index in [1.54, 1.807) is 0 Å². The lowest BCUT2D eigenvalue weighted by atomic mass is 10.1. The second-order valence-corrected chi connectivity index (χ2v) is 4.72. The van der Waals surface area contributed by atoms with E-state index in [0.29, 0.717) is 12.5 Å². The van der Waals surface area contributed by atoms with Gasteiger partial charge in [-0.2, -0.15) is 0 Å². The monoisotopic (exact) mass is 180 g/mol. The van der Waals surface area contributed by atoms with Gasteiger partial charge in [-0.3, -0.25) is 4.79 Å². The Morgan fingerprint density at radius 3 is 2.85 bits per heavy atom. The Kier molecular flexibility index (Phi) is 1.62. The molecule has 3 fully saturated rings. The van der Waals surface area contributed by atoms with Crippen LogP contribution in [0, 0.1) is 11.8 Å². The molecule has 3 aliphatic rings.